The molecule has 2 amide bonds. The van der Waals surface area contributed by atoms with Gasteiger partial charge in [0.05, 0.1) is 12.1 Å². The first-order valence-electron chi connectivity index (χ1n) is 10.9. The van der Waals surface area contributed by atoms with E-state index in [2.05, 4.69) is 16.4 Å². The molecule has 2 fully saturated rings. The lowest BCUT2D eigenvalue weighted by molar-refractivity contribution is -0.132. The number of rotatable bonds is 5. The molecule has 158 valence electrons. The smallest absolute Gasteiger partial charge is 0.240 e. The molecule has 1 saturated heterocycles. The van der Waals surface area contributed by atoms with Crippen molar-refractivity contribution in [2.75, 3.05) is 11.9 Å². The fraction of sp³-hybridized carbons (Fsp3) is 0.522. The summed E-state index contributed by atoms with van der Waals surface area (Å²) in [4.78, 5) is 30.2. The van der Waals surface area contributed by atoms with Crippen LogP contribution in [0.5, 0.6) is 0 Å². The molecule has 0 radical (unpaired) electrons. The molecule has 1 aliphatic heterocycles. The number of nitrogens with two attached hydrogens (primary N) is 1. The Hall–Kier alpha value is -2.85. The largest absolute Gasteiger partial charge is 0.361 e. The molecule has 1 saturated carbocycles. The van der Waals surface area contributed by atoms with Gasteiger partial charge in [-0.05, 0) is 55.9 Å². The van der Waals surface area contributed by atoms with Crippen LogP contribution < -0.4 is 11.1 Å². The van der Waals surface area contributed by atoms with Gasteiger partial charge in [0.1, 0.15) is 6.04 Å². The monoisotopic (exact) mass is 407 g/mol. The summed E-state index contributed by atoms with van der Waals surface area (Å²) in [7, 11) is 0. The van der Waals surface area contributed by atoms with E-state index < -0.39 is 6.04 Å². The number of likely N-dealkylation sites (tertiary alicyclic amines) is 1. The Morgan fingerprint density at radius 1 is 1.23 bits per heavy atom. The third-order valence-corrected chi connectivity index (χ3v) is 6.45. The van der Waals surface area contributed by atoms with E-state index in [0.29, 0.717) is 19.4 Å². The highest BCUT2D eigenvalue weighted by atomic mass is 16.2. The van der Waals surface area contributed by atoms with Gasteiger partial charge in [0, 0.05) is 35.2 Å². The molecule has 30 heavy (non-hydrogen) atoms. The van der Waals surface area contributed by atoms with E-state index in [4.69, 9.17) is 5.73 Å². The van der Waals surface area contributed by atoms with Crippen LogP contribution in [0.4, 0.5) is 5.69 Å². The molecule has 2 aliphatic rings. The molecule has 0 spiro atoms. The number of benzene rings is 1. The molecule has 2 aromatic rings. The predicted molar refractivity (Wildman–Crippen MR) is 116 cm³/mol. The van der Waals surface area contributed by atoms with Crippen molar-refractivity contribution >= 4 is 28.4 Å². The highest BCUT2D eigenvalue weighted by molar-refractivity contribution is 5.96. The number of fused-ring (bicyclic) bond motifs is 1. The molecule has 1 aromatic heterocycles. The van der Waals surface area contributed by atoms with Crippen LogP contribution in [0.1, 0.15) is 50.5 Å². The van der Waals surface area contributed by atoms with Crippen LogP contribution in [-0.2, 0) is 16.0 Å². The fourth-order valence-corrected chi connectivity index (χ4v) is 4.74. The summed E-state index contributed by atoms with van der Waals surface area (Å²) in [6.07, 6.45) is 9.18. The van der Waals surface area contributed by atoms with Crippen molar-refractivity contribution in [3.8, 4) is 6.07 Å². The Morgan fingerprint density at radius 3 is 2.80 bits per heavy atom. The number of nitrogens with zero attached hydrogens (tertiary/aromatic N) is 2. The van der Waals surface area contributed by atoms with Crippen LogP contribution in [0.2, 0.25) is 0 Å². The van der Waals surface area contributed by atoms with E-state index in [1.807, 2.05) is 24.4 Å². The van der Waals surface area contributed by atoms with E-state index in [9.17, 15) is 14.9 Å². The first-order valence-corrected chi connectivity index (χ1v) is 10.9. The molecule has 1 aromatic carbocycles. The fourth-order valence-electron chi connectivity index (χ4n) is 4.74. The maximum absolute atomic E-state index is 12.7. The minimum Gasteiger partial charge on any atom is -0.361 e. The zero-order valence-corrected chi connectivity index (χ0v) is 17.2. The summed E-state index contributed by atoms with van der Waals surface area (Å²) in [5.74, 6) is 0.0180. The summed E-state index contributed by atoms with van der Waals surface area (Å²) < 4.78 is 0. The molecular formula is C23H29N5O2. The van der Waals surface area contributed by atoms with Crippen LogP contribution in [0.3, 0.4) is 0 Å². The summed E-state index contributed by atoms with van der Waals surface area (Å²) in [6.45, 7) is 0.593. The third-order valence-electron chi connectivity index (χ3n) is 6.45. The molecule has 4 N–H and O–H groups in total. The summed E-state index contributed by atoms with van der Waals surface area (Å²) in [5.41, 5.74) is 8.87. The van der Waals surface area contributed by atoms with Crippen molar-refractivity contribution in [2.24, 2.45) is 11.7 Å². The zero-order chi connectivity index (χ0) is 21.1. The van der Waals surface area contributed by atoms with Gasteiger partial charge in [-0.3, -0.25) is 9.59 Å². The minimum absolute atomic E-state index is 0.0922. The second-order valence-electron chi connectivity index (χ2n) is 8.53. The molecular weight excluding hydrogens is 378 g/mol. The number of H-pyrrole nitrogens is 1. The topological polar surface area (TPSA) is 115 Å². The van der Waals surface area contributed by atoms with Crippen molar-refractivity contribution in [1.29, 1.82) is 5.26 Å². The molecule has 1 aliphatic carbocycles. The average Bonchev–Trinajstić information content (AvgIpc) is 3.40. The number of aromatic amines is 1. The van der Waals surface area contributed by atoms with Crippen molar-refractivity contribution < 1.29 is 9.59 Å². The Labute approximate surface area is 176 Å². The van der Waals surface area contributed by atoms with E-state index in [-0.39, 0.29) is 23.8 Å². The van der Waals surface area contributed by atoms with Crippen LogP contribution in [0.15, 0.2) is 24.4 Å². The van der Waals surface area contributed by atoms with Crippen molar-refractivity contribution in [1.82, 2.24) is 9.88 Å². The van der Waals surface area contributed by atoms with Crippen molar-refractivity contribution in [3.63, 3.8) is 0 Å². The average molecular weight is 408 g/mol. The second-order valence-corrected chi connectivity index (χ2v) is 8.53. The Balaban J connectivity index is 1.46. The summed E-state index contributed by atoms with van der Waals surface area (Å²) in [6, 6.07) is 6.92. The Kier molecular flexibility index (Phi) is 6.05. The molecule has 0 unspecified atom stereocenters. The lowest BCUT2D eigenvalue weighted by atomic mass is 9.88. The van der Waals surface area contributed by atoms with Crippen LogP contribution >= 0.6 is 0 Å². The maximum atomic E-state index is 12.7. The quantitative estimate of drug-likeness (QED) is 0.706. The van der Waals surface area contributed by atoms with Crippen molar-refractivity contribution in [3.05, 3.63) is 30.0 Å². The van der Waals surface area contributed by atoms with Gasteiger partial charge in [-0.1, -0.05) is 19.3 Å². The zero-order valence-electron chi connectivity index (χ0n) is 17.2. The molecule has 7 heteroatoms. The maximum Gasteiger partial charge on any atom is 0.240 e. The molecule has 2 heterocycles. The van der Waals surface area contributed by atoms with E-state index in [1.54, 1.807) is 4.90 Å². The van der Waals surface area contributed by atoms with Gasteiger partial charge < -0.3 is 20.9 Å². The predicted octanol–water partition coefficient (Wildman–Crippen LogP) is 3.07. The van der Waals surface area contributed by atoms with E-state index >= 15 is 0 Å². The molecule has 4 rings (SSSR count). The van der Waals surface area contributed by atoms with E-state index in [1.165, 1.54) is 6.42 Å². The van der Waals surface area contributed by atoms with Gasteiger partial charge in [0.25, 0.3) is 0 Å². The van der Waals surface area contributed by atoms with Gasteiger partial charge in [-0.2, -0.15) is 5.26 Å². The number of amides is 2. The van der Waals surface area contributed by atoms with Gasteiger partial charge in [0.2, 0.25) is 11.8 Å². The second kappa shape index (κ2) is 8.88. The third kappa shape index (κ3) is 4.19. The van der Waals surface area contributed by atoms with Gasteiger partial charge in [0.15, 0.2) is 0 Å². The highest BCUT2D eigenvalue weighted by Gasteiger charge is 2.32. The van der Waals surface area contributed by atoms with Crippen LogP contribution in [0.25, 0.3) is 10.9 Å². The number of hydrogen-bond donors (Lipinski definition) is 3. The molecule has 0 bridgehead atoms. The lowest BCUT2D eigenvalue weighted by Crippen LogP contribution is -2.46. The van der Waals surface area contributed by atoms with Crippen molar-refractivity contribution in [2.45, 2.75) is 63.5 Å². The Bertz CT molecular complexity index is 970. The number of hydrogen-bond acceptors (Lipinski definition) is 4. The highest BCUT2D eigenvalue weighted by Crippen LogP contribution is 2.27. The first kappa shape index (κ1) is 20.4. The molecule has 2 atom stereocenters. The van der Waals surface area contributed by atoms with Gasteiger partial charge in [-0.15, -0.1) is 0 Å². The lowest BCUT2D eigenvalue weighted by Gasteiger charge is -2.23. The molecule has 7 nitrogen and oxygen atoms in total. The first-order chi connectivity index (χ1) is 14.6. The normalized spacial score (nSPS) is 20.8. The number of carbonyl (C=O) groups is 2. The minimum atomic E-state index is -0.696. The number of nitrogens with one attached hydrogen (secondary N) is 2. The number of carbonyl (C=O) groups excluding carboxylic acids is 2. The standard InChI is InChI=1S/C23H29N5O2/c24-13-18-7-4-10-28(18)23(30)20(25)11-16-14-26-21-9-8-17(12-19(16)21)27-22(29)15-5-2-1-3-6-15/h8-9,12,14-15,18,20,26H,1-7,10-11,25H2,(H,27,29)/t18-,20+/m0/s1. The number of nitriles is 1. The summed E-state index contributed by atoms with van der Waals surface area (Å²) in [5, 5.41) is 13.3. The summed E-state index contributed by atoms with van der Waals surface area (Å²) >= 11 is 0. The van der Waals surface area contributed by atoms with Gasteiger partial charge >= 0.3 is 0 Å². The van der Waals surface area contributed by atoms with Crippen LogP contribution in [0, 0.1) is 17.2 Å². The number of anilines is 1. The SMILES string of the molecule is N#C[C@@H]1CCCN1C(=O)[C@H](N)Cc1c[nH]c2ccc(NC(=O)C3CCCCC3)cc12. The number of aromatic nitrogens is 1. The van der Waals surface area contributed by atoms with E-state index in [0.717, 1.165) is 54.3 Å². The van der Waals surface area contributed by atoms with Crippen LogP contribution in [-0.4, -0.2) is 40.3 Å². The van der Waals surface area contributed by atoms with Gasteiger partial charge in [-0.25, -0.2) is 0 Å². The Morgan fingerprint density at radius 2 is 2.03 bits per heavy atom.